The van der Waals surface area contributed by atoms with Crippen LogP contribution in [0.25, 0.3) is 11.3 Å². The molecule has 0 spiro atoms. The summed E-state index contributed by atoms with van der Waals surface area (Å²) >= 11 is 0. The number of nitrogens with one attached hydrogen (secondary N) is 1. The Kier molecular flexibility index (Phi) is 4.54. The van der Waals surface area contributed by atoms with E-state index in [9.17, 15) is 9.65 Å². The number of rotatable bonds is 5. The van der Waals surface area contributed by atoms with Crippen molar-refractivity contribution in [3.8, 4) is 17.3 Å². The Bertz CT molecular complexity index is 593. The van der Waals surface area contributed by atoms with Gasteiger partial charge >= 0.3 is 0 Å². The molecule has 1 heterocycles. The maximum atomic E-state index is 12.9. The maximum Gasteiger partial charge on any atom is 0.123 e. The molecular formula is C16H18FN3. The SMILES string of the molecule is CN(C)CCC(C#N)c1c[nH]c(-c2ccc(F)cc2)c1. The summed E-state index contributed by atoms with van der Waals surface area (Å²) in [6, 6.07) is 10.6. The molecule has 20 heavy (non-hydrogen) atoms. The van der Waals surface area contributed by atoms with Gasteiger partial charge in [-0.1, -0.05) is 0 Å². The van der Waals surface area contributed by atoms with Crippen LogP contribution in [0.2, 0.25) is 0 Å². The van der Waals surface area contributed by atoms with Crippen molar-refractivity contribution in [1.82, 2.24) is 9.88 Å². The van der Waals surface area contributed by atoms with E-state index in [2.05, 4.69) is 16.0 Å². The number of aromatic nitrogens is 1. The fourth-order valence-electron chi connectivity index (χ4n) is 2.10. The Morgan fingerprint density at radius 3 is 2.60 bits per heavy atom. The highest BCUT2D eigenvalue weighted by Crippen LogP contribution is 2.25. The van der Waals surface area contributed by atoms with Crippen LogP contribution < -0.4 is 0 Å². The normalized spacial score (nSPS) is 12.3. The molecule has 1 aromatic heterocycles. The third-order valence-corrected chi connectivity index (χ3v) is 3.28. The van der Waals surface area contributed by atoms with Crippen LogP contribution in [-0.4, -0.2) is 30.5 Å². The molecule has 0 bridgehead atoms. The summed E-state index contributed by atoms with van der Waals surface area (Å²) in [5, 5.41) is 9.28. The Balaban J connectivity index is 2.15. The van der Waals surface area contributed by atoms with Crippen molar-refractivity contribution in [2.75, 3.05) is 20.6 Å². The lowest BCUT2D eigenvalue weighted by atomic mass is 9.99. The first-order chi connectivity index (χ1) is 9.60. The van der Waals surface area contributed by atoms with E-state index in [0.717, 1.165) is 29.8 Å². The zero-order chi connectivity index (χ0) is 14.5. The average molecular weight is 271 g/mol. The minimum absolute atomic E-state index is 0.122. The molecule has 1 N–H and O–H groups in total. The van der Waals surface area contributed by atoms with Crippen LogP contribution in [0.5, 0.6) is 0 Å². The van der Waals surface area contributed by atoms with Gasteiger partial charge in [-0.15, -0.1) is 0 Å². The predicted octanol–water partition coefficient (Wildman–Crippen LogP) is 3.38. The molecule has 1 unspecified atom stereocenters. The minimum Gasteiger partial charge on any atom is -0.361 e. The number of nitriles is 1. The molecule has 3 nitrogen and oxygen atoms in total. The summed E-state index contributed by atoms with van der Waals surface area (Å²) in [7, 11) is 3.99. The summed E-state index contributed by atoms with van der Waals surface area (Å²) in [4.78, 5) is 5.22. The number of halogens is 1. The molecule has 104 valence electrons. The Hall–Kier alpha value is -2.12. The lowest BCUT2D eigenvalue weighted by Crippen LogP contribution is -2.15. The first-order valence-corrected chi connectivity index (χ1v) is 6.58. The van der Waals surface area contributed by atoms with E-state index in [0.29, 0.717) is 0 Å². The third-order valence-electron chi connectivity index (χ3n) is 3.28. The van der Waals surface area contributed by atoms with Crippen molar-refractivity contribution in [3.63, 3.8) is 0 Å². The van der Waals surface area contributed by atoms with Crippen LogP contribution in [0, 0.1) is 17.1 Å². The van der Waals surface area contributed by atoms with Gasteiger partial charge in [-0.2, -0.15) is 5.26 Å². The second-order valence-corrected chi connectivity index (χ2v) is 5.13. The van der Waals surface area contributed by atoms with E-state index in [1.54, 1.807) is 12.1 Å². The highest BCUT2D eigenvalue weighted by Gasteiger charge is 2.13. The minimum atomic E-state index is -0.249. The number of H-pyrrole nitrogens is 1. The number of aromatic amines is 1. The molecule has 4 heteroatoms. The van der Waals surface area contributed by atoms with Crippen LogP contribution in [-0.2, 0) is 0 Å². The first-order valence-electron chi connectivity index (χ1n) is 6.58. The highest BCUT2D eigenvalue weighted by atomic mass is 19.1. The molecule has 0 amide bonds. The van der Waals surface area contributed by atoms with Gasteiger partial charge in [0.1, 0.15) is 5.82 Å². The van der Waals surface area contributed by atoms with E-state index in [1.165, 1.54) is 12.1 Å². The van der Waals surface area contributed by atoms with Gasteiger partial charge in [0.05, 0.1) is 12.0 Å². The second kappa shape index (κ2) is 6.36. The Morgan fingerprint density at radius 1 is 1.30 bits per heavy atom. The van der Waals surface area contributed by atoms with Crippen molar-refractivity contribution in [2.24, 2.45) is 0 Å². The van der Waals surface area contributed by atoms with Crippen molar-refractivity contribution in [2.45, 2.75) is 12.3 Å². The smallest absolute Gasteiger partial charge is 0.123 e. The van der Waals surface area contributed by atoms with Gasteiger partial charge in [-0.05, 0) is 68.5 Å². The molecular weight excluding hydrogens is 253 g/mol. The molecule has 0 saturated carbocycles. The number of nitrogens with zero attached hydrogens (tertiary/aromatic N) is 2. The molecule has 0 aliphatic heterocycles. The van der Waals surface area contributed by atoms with Crippen molar-refractivity contribution >= 4 is 0 Å². The van der Waals surface area contributed by atoms with Gasteiger partial charge < -0.3 is 9.88 Å². The Labute approximate surface area is 118 Å². The van der Waals surface area contributed by atoms with Crippen molar-refractivity contribution in [3.05, 3.63) is 47.9 Å². The molecule has 0 radical (unpaired) electrons. The molecule has 1 atom stereocenters. The second-order valence-electron chi connectivity index (χ2n) is 5.13. The number of hydrogen-bond acceptors (Lipinski definition) is 2. The van der Waals surface area contributed by atoms with Crippen LogP contribution in [0.3, 0.4) is 0 Å². The highest BCUT2D eigenvalue weighted by molar-refractivity contribution is 5.60. The predicted molar refractivity (Wildman–Crippen MR) is 77.7 cm³/mol. The van der Waals surface area contributed by atoms with Crippen LogP contribution in [0.1, 0.15) is 17.9 Å². The van der Waals surface area contributed by atoms with Gasteiger partial charge in [-0.25, -0.2) is 4.39 Å². The number of hydrogen-bond donors (Lipinski definition) is 1. The third kappa shape index (κ3) is 3.46. The van der Waals surface area contributed by atoms with E-state index in [-0.39, 0.29) is 11.7 Å². The first kappa shape index (κ1) is 14.3. The summed E-state index contributed by atoms with van der Waals surface area (Å²) in [5.74, 6) is -0.371. The summed E-state index contributed by atoms with van der Waals surface area (Å²) in [5.41, 5.74) is 2.81. The summed E-state index contributed by atoms with van der Waals surface area (Å²) in [6.45, 7) is 0.870. The van der Waals surface area contributed by atoms with Crippen molar-refractivity contribution < 1.29 is 4.39 Å². The van der Waals surface area contributed by atoms with Gasteiger partial charge in [0.2, 0.25) is 0 Å². The molecule has 0 aliphatic rings. The van der Waals surface area contributed by atoms with E-state index in [4.69, 9.17) is 0 Å². The van der Waals surface area contributed by atoms with Gasteiger partial charge in [-0.3, -0.25) is 0 Å². The van der Waals surface area contributed by atoms with E-state index < -0.39 is 0 Å². The monoisotopic (exact) mass is 271 g/mol. The van der Waals surface area contributed by atoms with Crippen LogP contribution in [0.4, 0.5) is 4.39 Å². The van der Waals surface area contributed by atoms with Crippen molar-refractivity contribution in [1.29, 1.82) is 5.26 Å². The van der Waals surface area contributed by atoms with Crippen LogP contribution >= 0.6 is 0 Å². The molecule has 2 rings (SSSR count). The molecule has 0 saturated heterocycles. The zero-order valence-electron chi connectivity index (χ0n) is 11.7. The standard InChI is InChI=1S/C16H18FN3/c1-20(2)8-7-13(10-18)14-9-16(19-11-14)12-3-5-15(17)6-4-12/h3-6,9,11,13,19H,7-8H2,1-2H3. The maximum absolute atomic E-state index is 12.9. The number of benzene rings is 1. The molecule has 2 aromatic rings. The molecule has 1 aromatic carbocycles. The molecule has 0 fully saturated rings. The van der Waals surface area contributed by atoms with Crippen LogP contribution in [0.15, 0.2) is 36.5 Å². The summed E-state index contributed by atoms with van der Waals surface area (Å²) in [6.07, 6.45) is 2.66. The van der Waals surface area contributed by atoms with Gasteiger partial charge in [0, 0.05) is 11.9 Å². The van der Waals surface area contributed by atoms with Gasteiger partial charge in [0.15, 0.2) is 0 Å². The fourth-order valence-corrected chi connectivity index (χ4v) is 2.10. The van der Waals surface area contributed by atoms with E-state index >= 15 is 0 Å². The Morgan fingerprint density at radius 2 is 2.00 bits per heavy atom. The topological polar surface area (TPSA) is 42.8 Å². The van der Waals surface area contributed by atoms with E-state index in [1.807, 2.05) is 26.4 Å². The lowest BCUT2D eigenvalue weighted by Gasteiger charge is -2.12. The summed E-state index contributed by atoms with van der Waals surface area (Å²) < 4.78 is 12.9. The molecule has 0 aliphatic carbocycles. The quantitative estimate of drug-likeness (QED) is 0.906. The average Bonchev–Trinajstić information content (AvgIpc) is 2.89. The zero-order valence-corrected chi connectivity index (χ0v) is 11.7. The fraction of sp³-hybridized carbons (Fsp3) is 0.312. The van der Waals surface area contributed by atoms with Gasteiger partial charge in [0.25, 0.3) is 0 Å². The lowest BCUT2D eigenvalue weighted by molar-refractivity contribution is 0.393. The largest absolute Gasteiger partial charge is 0.361 e.